The summed E-state index contributed by atoms with van der Waals surface area (Å²) in [5.41, 5.74) is 6.32. The SMILES string of the molecule is CC(Br)Oc1ccc(C(=C(c2ccc(OC(C)Br)cc2)c2ccc(OC(C)Br)cc2)c2ccc(OC(C)Br)cc2)cc1. The highest BCUT2D eigenvalue weighted by Gasteiger charge is 2.18. The van der Waals surface area contributed by atoms with Crippen molar-refractivity contribution in [2.75, 3.05) is 0 Å². The Hall–Kier alpha value is -2.26. The summed E-state index contributed by atoms with van der Waals surface area (Å²) in [4.78, 5) is 0. The summed E-state index contributed by atoms with van der Waals surface area (Å²) in [6.07, 6.45) is 0. The standard InChI is InChI=1S/C34H32Br4O4/c1-21(35)39-29-13-5-25(6-14-29)33(26-7-15-30(16-8-26)40-22(2)36)34(27-9-17-31(18-10-27)41-23(3)37)28-11-19-32(20-12-28)42-24(4)38/h5-24H,1-4H3. The van der Waals surface area contributed by atoms with Crippen molar-refractivity contribution in [2.24, 2.45) is 0 Å². The first-order valence-corrected chi connectivity index (χ1v) is 17.1. The van der Waals surface area contributed by atoms with Crippen LogP contribution in [0.4, 0.5) is 0 Å². The van der Waals surface area contributed by atoms with E-state index in [-0.39, 0.29) is 20.1 Å². The molecular formula is C34H32Br4O4. The van der Waals surface area contributed by atoms with Crippen LogP contribution in [0.5, 0.6) is 23.0 Å². The van der Waals surface area contributed by atoms with E-state index in [1.165, 1.54) is 0 Å². The lowest BCUT2D eigenvalue weighted by molar-refractivity contribution is 0.314. The van der Waals surface area contributed by atoms with Gasteiger partial charge in [0.2, 0.25) is 0 Å². The summed E-state index contributed by atoms with van der Waals surface area (Å²) in [5.74, 6) is 3.15. The molecule has 0 radical (unpaired) electrons. The lowest BCUT2D eigenvalue weighted by Crippen LogP contribution is -2.04. The van der Waals surface area contributed by atoms with Gasteiger partial charge in [-0.15, -0.1) is 0 Å². The van der Waals surface area contributed by atoms with Crippen molar-refractivity contribution in [1.82, 2.24) is 0 Å². The van der Waals surface area contributed by atoms with Crippen molar-refractivity contribution in [3.05, 3.63) is 119 Å². The molecule has 0 saturated carbocycles. The zero-order chi connectivity index (χ0) is 30.2. The van der Waals surface area contributed by atoms with Crippen LogP contribution < -0.4 is 18.9 Å². The Morgan fingerprint density at radius 1 is 0.357 bits per heavy atom. The second-order valence-electron chi connectivity index (χ2n) is 9.49. The van der Waals surface area contributed by atoms with Crippen LogP contribution in [-0.2, 0) is 0 Å². The van der Waals surface area contributed by atoms with Crippen molar-refractivity contribution in [1.29, 1.82) is 0 Å². The van der Waals surface area contributed by atoms with Crippen LogP contribution >= 0.6 is 63.7 Å². The molecule has 0 heterocycles. The van der Waals surface area contributed by atoms with Gasteiger partial charge in [0, 0.05) is 0 Å². The van der Waals surface area contributed by atoms with E-state index in [9.17, 15) is 0 Å². The van der Waals surface area contributed by atoms with Gasteiger partial charge in [0.1, 0.15) is 23.0 Å². The second-order valence-corrected chi connectivity index (χ2v) is 14.6. The maximum absolute atomic E-state index is 5.87. The molecule has 0 saturated heterocycles. The molecule has 8 heteroatoms. The van der Waals surface area contributed by atoms with E-state index in [2.05, 4.69) is 112 Å². The van der Waals surface area contributed by atoms with Crippen molar-refractivity contribution in [3.8, 4) is 23.0 Å². The van der Waals surface area contributed by atoms with Gasteiger partial charge in [-0.25, -0.2) is 0 Å². The van der Waals surface area contributed by atoms with Crippen molar-refractivity contribution >= 4 is 74.9 Å². The van der Waals surface area contributed by atoms with E-state index < -0.39 is 0 Å². The van der Waals surface area contributed by atoms with Gasteiger partial charge in [0.05, 0.1) is 0 Å². The Balaban J connectivity index is 1.95. The molecule has 4 nitrogen and oxygen atoms in total. The molecule has 0 aromatic heterocycles. The highest BCUT2D eigenvalue weighted by molar-refractivity contribution is 9.10. The highest BCUT2D eigenvalue weighted by atomic mass is 79.9. The fourth-order valence-electron chi connectivity index (χ4n) is 4.46. The average Bonchev–Trinajstić information content (AvgIpc) is 2.93. The van der Waals surface area contributed by atoms with Gasteiger partial charge in [-0.1, -0.05) is 48.5 Å². The summed E-state index contributed by atoms with van der Waals surface area (Å²) < 4.78 is 23.5. The molecular weight excluding hydrogens is 792 g/mol. The van der Waals surface area contributed by atoms with Crippen LogP contribution in [0.2, 0.25) is 0 Å². The molecule has 4 aromatic carbocycles. The maximum atomic E-state index is 5.87. The minimum atomic E-state index is -0.0933. The topological polar surface area (TPSA) is 36.9 Å². The number of hydrogen-bond acceptors (Lipinski definition) is 4. The first-order valence-electron chi connectivity index (χ1n) is 13.5. The number of alkyl halides is 4. The molecule has 0 aliphatic carbocycles. The fourth-order valence-corrected chi connectivity index (χ4v) is 5.32. The third kappa shape index (κ3) is 9.37. The fraction of sp³-hybridized carbons (Fsp3) is 0.235. The first kappa shape index (κ1) is 32.6. The van der Waals surface area contributed by atoms with E-state index in [0.717, 1.165) is 56.4 Å². The molecule has 0 spiro atoms. The van der Waals surface area contributed by atoms with Crippen LogP contribution in [-0.4, -0.2) is 20.1 Å². The molecule has 220 valence electrons. The van der Waals surface area contributed by atoms with E-state index in [1.807, 2.05) is 76.2 Å². The highest BCUT2D eigenvalue weighted by Crippen LogP contribution is 2.39. The smallest absolute Gasteiger partial charge is 0.150 e. The number of benzene rings is 4. The van der Waals surface area contributed by atoms with Crippen LogP contribution in [0.25, 0.3) is 11.1 Å². The van der Waals surface area contributed by atoms with Gasteiger partial charge in [-0.2, -0.15) is 0 Å². The van der Waals surface area contributed by atoms with Crippen molar-refractivity contribution < 1.29 is 18.9 Å². The lowest BCUT2D eigenvalue weighted by atomic mass is 9.85. The lowest BCUT2D eigenvalue weighted by Gasteiger charge is -2.20. The summed E-state index contributed by atoms with van der Waals surface area (Å²) in [5, 5.41) is -0.373. The van der Waals surface area contributed by atoms with Crippen LogP contribution in [0.3, 0.4) is 0 Å². The predicted octanol–water partition coefficient (Wildman–Crippen LogP) is 11.2. The zero-order valence-electron chi connectivity index (χ0n) is 23.7. The quantitative estimate of drug-likeness (QED) is 0.105. The molecule has 42 heavy (non-hydrogen) atoms. The van der Waals surface area contributed by atoms with Gasteiger partial charge < -0.3 is 18.9 Å². The Labute approximate surface area is 281 Å². The Morgan fingerprint density at radius 3 is 0.667 bits per heavy atom. The number of rotatable bonds is 12. The number of halogens is 4. The number of hydrogen-bond donors (Lipinski definition) is 0. The monoisotopic (exact) mass is 820 g/mol. The van der Waals surface area contributed by atoms with Crippen LogP contribution in [0.1, 0.15) is 49.9 Å². The van der Waals surface area contributed by atoms with Crippen molar-refractivity contribution in [3.63, 3.8) is 0 Å². The molecule has 0 N–H and O–H groups in total. The minimum Gasteiger partial charge on any atom is -0.480 e. The molecule has 4 aromatic rings. The molecule has 0 amide bonds. The third-order valence-electron chi connectivity index (χ3n) is 6.02. The van der Waals surface area contributed by atoms with Gasteiger partial charge in [-0.05, 0) is 173 Å². The molecule has 0 aliphatic rings. The van der Waals surface area contributed by atoms with E-state index >= 15 is 0 Å². The zero-order valence-corrected chi connectivity index (χ0v) is 30.0. The normalized spacial score (nSPS) is 13.8. The van der Waals surface area contributed by atoms with Gasteiger partial charge >= 0.3 is 0 Å². The Kier molecular flexibility index (Phi) is 12.0. The van der Waals surface area contributed by atoms with Gasteiger partial charge in [0.15, 0.2) is 20.1 Å². The number of ether oxygens (including phenoxy) is 4. The molecule has 0 bridgehead atoms. The molecule has 0 aliphatic heterocycles. The minimum absolute atomic E-state index is 0.0933. The Morgan fingerprint density at radius 2 is 0.524 bits per heavy atom. The van der Waals surface area contributed by atoms with Crippen LogP contribution in [0, 0.1) is 0 Å². The summed E-state index contributed by atoms with van der Waals surface area (Å²) in [7, 11) is 0. The average molecular weight is 824 g/mol. The maximum Gasteiger partial charge on any atom is 0.150 e. The van der Waals surface area contributed by atoms with E-state index in [0.29, 0.717) is 0 Å². The predicted molar refractivity (Wildman–Crippen MR) is 187 cm³/mol. The Bertz CT molecular complexity index is 1220. The van der Waals surface area contributed by atoms with Crippen LogP contribution in [0.15, 0.2) is 97.1 Å². The summed E-state index contributed by atoms with van der Waals surface area (Å²) in [6.45, 7) is 7.79. The molecule has 0 fully saturated rings. The molecule has 4 atom stereocenters. The van der Waals surface area contributed by atoms with E-state index in [1.54, 1.807) is 0 Å². The second kappa shape index (κ2) is 15.5. The van der Waals surface area contributed by atoms with Crippen molar-refractivity contribution in [2.45, 2.75) is 47.7 Å². The largest absolute Gasteiger partial charge is 0.480 e. The third-order valence-corrected chi connectivity index (χ3v) is 6.76. The van der Waals surface area contributed by atoms with Gasteiger partial charge in [0.25, 0.3) is 0 Å². The summed E-state index contributed by atoms with van der Waals surface area (Å²) in [6, 6.07) is 32.7. The van der Waals surface area contributed by atoms with E-state index in [4.69, 9.17) is 18.9 Å². The molecule has 4 rings (SSSR count). The molecule has 4 unspecified atom stereocenters. The first-order chi connectivity index (χ1) is 20.1. The summed E-state index contributed by atoms with van der Waals surface area (Å²) >= 11 is 13.9. The van der Waals surface area contributed by atoms with Gasteiger partial charge in [-0.3, -0.25) is 0 Å².